The average molecular weight is 277 g/mol. The molecule has 1 amide bonds. The second-order valence-corrected chi connectivity index (χ2v) is 5.62. The summed E-state index contributed by atoms with van der Waals surface area (Å²) in [5.41, 5.74) is 7.62. The highest BCUT2D eigenvalue weighted by Gasteiger charge is 2.28. The van der Waals surface area contributed by atoms with Gasteiger partial charge in [0.25, 0.3) is 5.91 Å². The number of amides is 1. The molecule has 0 spiro atoms. The summed E-state index contributed by atoms with van der Waals surface area (Å²) in [5.74, 6) is -0.104. The third kappa shape index (κ3) is 3.22. The van der Waals surface area contributed by atoms with E-state index in [1.807, 2.05) is 19.9 Å². The molecule has 1 aliphatic heterocycles. The molecular weight excluding hydrogens is 254 g/mol. The van der Waals surface area contributed by atoms with Gasteiger partial charge >= 0.3 is 0 Å². The van der Waals surface area contributed by atoms with Crippen LogP contribution in [0.1, 0.15) is 37.0 Å². The number of hydrogen-bond donors (Lipinski definition) is 3. The Bertz CT molecular complexity index is 490. The zero-order valence-electron chi connectivity index (χ0n) is 12.1. The summed E-state index contributed by atoms with van der Waals surface area (Å²) in [6.07, 6.45) is 1.45. The minimum absolute atomic E-state index is 0.104. The standard InChI is InChI=1S/C15H23N3O2/c1-3-17-14(19)11-4-5-13(12(16)10-11)18-8-6-15(2,20)7-9-18/h4-5,10,20H,3,6-9,16H2,1-2H3,(H,17,19). The minimum Gasteiger partial charge on any atom is -0.397 e. The van der Waals surface area contributed by atoms with Gasteiger partial charge in [0.2, 0.25) is 0 Å². The fourth-order valence-electron chi connectivity index (χ4n) is 2.48. The summed E-state index contributed by atoms with van der Waals surface area (Å²) in [7, 11) is 0. The molecule has 1 aromatic carbocycles. The molecule has 1 fully saturated rings. The van der Waals surface area contributed by atoms with Crippen molar-refractivity contribution in [3.8, 4) is 0 Å². The second-order valence-electron chi connectivity index (χ2n) is 5.62. The van der Waals surface area contributed by atoms with E-state index in [-0.39, 0.29) is 5.91 Å². The van der Waals surface area contributed by atoms with Crippen LogP contribution in [0.3, 0.4) is 0 Å². The fraction of sp³-hybridized carbons (Fsp3) is 0.533. The molecule has 2 rings (SSSR count). The Kier molecular flexibility index (Phi) is 4.18. The van der Waals surface area contributed by atoms with Crippen LogP contribution < -0.4 is 16.0 Å². The largest absolute Gasteiger partial charge is 0.397 e. The normalized spacial score (nSPS) is 17.9. The molecule has 20 heavy (non-hydrogen) atoms. The topological polar surface area (TPSA) is 78.6 Å². The molecule has 1 heterocycles. The highest BCUT2D eigenvalue weighted by Crippen LogP contribution is 2.30. The van der Waals surface area contributed by atoms with Crippen molar-refractivity contribution in [3.63, 3.8) is 0 Å². The van der Waals surface area contributed by atoms with Gasteiger partial charge in [-0.2, -0.15) is 0 Å². The number of carbonyl (C=O) groups excluding carboxylic acids is 1. The summed E-state index contributed by atoms with van der Waals surface area (Å²) in [5, 5.41) is 12.7. The number of hydrogen-bond acceptors (Lipinski definition) is 4. The molecule has 0 aliphatic carbocycles. The Labute approximate surface area is 119 Å². The van der Waals surface area contributed by atoms with Crippen LogP contribution in [-0.4, -0.2) is 36.2 Å². The number of carbonyl (C=O) groups is 1. The van der Waals surface area contributed by atoms with Gasteiger partial charge in [-0.1, -0.05) is 0 Å². The predicted octanol–water partition coefficient (Wildman–Crippen LogP) is 1.37. The molecule has 1 aromatic rings. The molecule has 5 nitrogen and oxygen atoms in total. The number of aliphatic hydroxyl groups is 1. The lowest BCUT2D eigenvalue weighted by molar-refractivity contribution is 0.0351. The van der Waals surface area contributed by atoms with Crippen LogP contribution >= 0.6 is 0 Å². The Morgan fingerprint density at radius 3 is 2.65 bits per heavy atom. The van der Waals surface area contributed by atoms with Crippen molar-refractivity contribution in [3.05, 3.63) is 23.8 Å². The summed E-state index contributed by atoms with van der Waals surface area (Å²) in [6, 6.07) is 5.40. The molecule has 0 unspecified atom stereocenters. The van der Waals surface area contributed by atoms with Gasteiger partial charge in [0, 0.05) is 25.2 Å². The van der Waals surface area contributed by atoms with E-state index >= 15 is 0 Å². The maximum absolute atomic E-state index is 11.8. The highest BCUT2D eigenvalue weighted by atomic mass is 16.3. The molecular formula is C15H23N3O2. The van der Waals surface area contributed by atoms with E-state index < -0.39 is 5.60 Å². The average Bonchev–Trinajstić information content (AvgIpc) is 2.39. The zero-order valence-corrected chi connectivity index (χ0v) is 12.1. The van der Waals surface area contributed by atoms with Crippen LogP contribution in [0, 0.1) is 0 Å². The van der Waals surface area contributed by atoms with Crippen LogP contribution in [0.25, 0.3) is 0 Å². The number of nitrogens with zero attached hydrogens (tertiary/aromatic N) is 1. The smallest absolute Gasteiger partial charge is 0.251 e. The molecule has 4 N–H and O–H groups in total. The van der Waals surface area contributed by atoms with E-state index in [9.17, 15) is 9.90 Å². The maximum Gasteiger partial charge on any atom is 0.251 e. The van der Waals surface area contributed by atoms with Gasteiger partial charge in [-0.15, -0.1) is 0 Å². The van der Waals surface area contributed by atoms with E-state index in [1.54, 1.807) is 12.1 Å². The van der Waals surface area contributed by atoms with E-state index in [1.165, 1.54) is 0 Å². The number of nitrogens with one attached hydrogen (secondary N) is 1. The molecule has 110 valence electrons. The number of benzene rings is 1. The van der Waals surface area contributed by atoms with E-state index in [0.717, 1.165) is 31.6 Å². The molecule has 0 radical (unpaired) electrons. The van der Waals surface area contributed by atoms with Gasteiger partial charge in [-0.05, 0) is 44.9 Å². The third-order valence-electron chi connectivity index (χ3n) is 3.81. The number of piperidine rings is 1. The van der Waals surface area contributed by atoms with Crippen molar-refractivity contribution in [2.45, 2.75) is 32.3 Å². The lowest BCUT2D eigenvalue weighted by Crippen LogP contribution is -2.42. The van der Waals surface area contributed by atoms with Crippen molar-refractivity contribution in [1.82, 2.24) is 5.32 Å². The van der Waals surface area contributed by atoms with Gasteiger partial charge in [0.1, 0.15) is 0 Å². The Morgan fingerprint density at radius 2 is 2.10 bits per heavy atom. The Morgan fingerprint density at radius 1 is 1.45 bits per heavy atom. The predicted molar refractivity (Wildman–Crippen MR) is 80.9 cm³/mol. The first-order valence-corrected chi connectivity index (χ1v) is 7.08. The van der Waals surface area contributed by atoms with Crippen molar-refractivity contribution in [2.24, 2.45) is 0 Å². The van der Waals surface area contributed by atoms with E-state index in [0.29, 0.717) is 17.8 Å². The van der Waals surface area contributed by atoms with Gasteiger partial charge in [-0.25, -0.2) is 0 Å². The summed E-state index contributed by atoms with van der Waals surface area (Å²) in [6.45, 7) is 5.90. The van der Waals surface area contributed by atoms with Crippen LogP contribution in [-0.2, 0) is 0 Å². The minimum atomic E-state index is -0.577. The lowest BCUT2D eigenvalue weighted by Gasteiger charge is -2.37. The van der Waals surface area contributed by atoms with Crippen LogP contribution in [0.15, 0.2) is 18.2 Å². The van der Waals surface area contributed by atoms with Crippen molar-refractivity contribution in [2.75, 3.05) is 30.3 Å². The summed E-state index contributed by atoms with van der Waals surface area (Å²) >= 11 is 0. The molecule has 5 heteroatoms. The molecule has 1 saturated heterocycles. The van der Waals surface area contributed by atoms with Gasteiger partial charge in [0.15, 0.2) is 0 Å². The van der Waals surface area contributed by atoms with Gasteiger partial charge in [0.05, 0.1) is 17.0 Å². The fourth-order valence-corrected chi connectivity index (χ4v) is 2.48. The van der Waals surface area contributed by atoms with Crippen molar-refractivity contribution in [1.29, 1.82) is 0 Å². The van der Waals surface area contributed by atoms with Gasteiger partial charge in [-0.3, -0.25) is 4.79 Å². The van der Waals surface area contributed by atoms with E-state index in [2.05, 4.69) is 10.2 Å². The number of anilines is 2. The van der Waals surface area contributed by atoms with Crippen molar-refractivity contribution >= 4 is 17.3 Å². The molecule has 0 saturated carbocycles. The van der Waals surface area contributed by atoms with E-state index in [4.69, 9.17) is 5.73 Å². The lowest BCUT2D eigenvalue weighted by atomic mass is 9.93. The van der Waals surface area contributed by atoms with Crippen LogP contribution in [0.4, 0.5) is 11.4 Å². The first-order valence-electron chi connectivity index (χ1n) is 7.08. The molecule has 1 aliphatic rings. The monoisotopic (exact) mass is 277 g/mol. The molecule has 0 aromatic heterocycles. The summed E-state index contributed by atoms with van der Waals surface area (Å²) in [4.78, 5) is 13.9. The second kappa shape index (κ2) is 5.71. The number of nitrogens with two attached hydrogens (primary N) is 1. The third-order valence-corrected chi connectivity index (χ3v) is 3.81. The Hall–Kier alpha value is -1.75. The van der Waals surface area contributed by atoms with Crippen LogP contribution in [0.5, 0.6) is 0 Å². The molecule has 0 atom stereocenters. The SMILES string of the molecule is CCNC(=O)c1ccc(N2CCC(C)(O)CC2)c(N)c1. The van der Waals surface area contributed by atoms with Crippen LogP contribution in [0.2, 0.25) is 0 Å². The number of rotatable bonds is 3. The highest BCUT2D eigenvalue weighted by molar-refractivity contribution is 5.96. The first-order chi connectivity index (χ1) is 9.43. The zero-order chi connectivity index (χ0) is 14.8. The Balaban J connectivity index is 2.12. The quantitative estimate of drug-likeness (QED) is 0.729. The number of nitrogen functional groups attached to an aromatic ring is 1. The molecule has 0 bridgehead atoms. The maximum atomic E-state index is 11.8. The first kappa shape index (κ1) is 14.7. The van der Waals surface area contributed by atoms with Crippen molar-refractivity contribution < 1.29 is 9.90 Å². The summed E-state index contributed by atoms with van der Waals surface area (Å²) < 4.78 is 0. The van der Waals surface area contributed by atoms with Gasteiger partial charge < -0.3 is 21.1 Å².